The fourth-order valence-corrected chi connectivity index (χ4v) is 2.30. The standard InChI is InChI=1S/C10H15NO3S/c1-15(13)9-3-2-8(14-9)10(12)7-4-5-11-6-7/h2-3,7,10-12H,4-6H2,1H3. The minimum absolute atomic E-state index is 0.203. The van der Waals surface area contributed by atoms with E-state index in [-0.39, 0.29) is 5.92 Å². The molecule has 1 saturated heterocycles. The summed E-state index contributed by atoms with van der Waals surface area (Å²) < 4.78 is 16.5. The molecule has 0 saturated carbocycles. The average Bonchev–Trinajstić information content (AvgIpc) is 2.88. The monoisotopic (exact) mass is 229 g/mol. The normalized spacial score (nSPS) is 25.3. The van der Waals surface area contributed by atoms with Crippen molar-refractivity contribution in [2.75, 3.05) is 19.3 Å². The van der Waals surface area contributed by atoms with Gasteiger partial charge < -0.3 is 14.8 Å². The second-order valence-electron chi connectivity index (χ2n) is 3.81. The Morgan fingerprint density at radius 1 is 1.67 bits per heavy atom. The largest absolute Gasteiger partial charge is 0.450 e. The topological polar surface area (TPSA) is 62.5 Å². The lowest BCUT2D eigenvalue weighted by molar-refractivity contribution is 0.0906. The zero-order valence-electron chi connectivity index (χ0n) is 8.60. The van der Waals surface area contributed by atoms with E-state index in [9.17, 15) is 9.32 Å². The molecule has 1 aromatic rings. The summed E-state index contributed by atoms with van der Waals surface area (Å²) in [7, 11) is -1.12. The smallest absolute Gasteiger partial charge is 0.190 e. The molecular weight excluding hydrogens is 214 g/mol. The Balaban J connectivity index is 2.10. The molecule has 0 bridgehead atoms. The molecule has 0 radical (unpaired) electrons. The molecule has 0 spiro atoms. The maximum absolute atomic E-state index is 11.1. The Kier molecular flexibility index (Phi) is 3.23. The summed E-state index contributed by atoms with van der Waals surface area (Å²) in [4.78, 5) is 0. The molecule has 84 valence electrons. The number of hydrogen-bond donors (Lipinski definition) is 2. The highest BCUT2D eigenvalue weighted by Gasteiger charge is 2.26. The van der Waals surface area contributed by atoms with Crippen LogP contribution in [0.4, 0.5) is 0 Å². The fraction of sp³-hybridized carbons (Fsp3) is 0.600. The molecule has 0 aromatic carbocycles. The predicted molar refractivity (Wildman–Crippen MR) is 57.0 cm³/mol. The van der Waals surface area contributed by atoms with E-state index in [4.69, 9.17) is 4.42 Å². The van der Waals surface area contributed by atoms with Gasteiger partial charge >= 0.3 is 0 Å². The minimum atomic E-state index is -1.12. The fourth-order valence-electron chi connectivity index (χ4n) is 1.83. The van der Waals surface area contributed by atoms with Crippen LogP contribution in [0.1, 0.15) is 18.3 Å². The molecule has 3 atom stereocenters. The van der Waals surface area contributed by atoms with Crippen LogP contribution >= 0.6 is 0 Å². The first-order valence-electron chi connectivity index (χ1n) is 5.00. The van der Waals surface area contributed by atoms with Gasteiger partial charge in [-0.3, -0.25) is 4.21 Å². The number of aliphatic hydroxyl groups excluding tert-OH is 1. The van der Waals surface area contributed by atoms with Gasteiger partial charge in [0.25, 0.3) is 0 Å². The van der Waals surface area contributed by atoms with Crippen molar-refractivity contribution in [2.24, 2.45) is 5.92 Å². The first-order chi connectivity index (χ1) is 7.18. The molecule has 3 unspecified atom stereocenters. The van der Waals surface area contributed by atoms with Crippen LogP contribution < -0.4 is 5.32 Å². The third-order valence-electron chi connectivity index (χ3n) is 2.72. The highest BCUT2D eigenvalue weighted by molar-refractivity contribution is 7.84. The van der Waals surface area contributed by atoms with E-state index in [0.717, 1.165) is 19.5 Å². The first kappa shape index (κ1) is 10.9. The van der Waals surface area contributed by atoms with Crippen molar-refractivity contribution in [1.29, 1.82) is 0 Å². The molecule has 2 heterocycles. The van der Waals surface area contributed by atoms with Crippen molar-refractivity contribution in [3.05, 3.63) is 17.9 Å². The van der Waals surface area contributed by atoms with Gasteiger partial charge in [0, 0.05) is 18.7 Å². The molecule has 4 nitrogen and oxygen atoms in total. The quantitative estimate of drug-likeness (QED) is 0.799. The molecule has 2 N–H and O–H groups in total. The molecule has 15 heavy (non-hydrogen) atoms. The lowest BCUT2D eigenvalue weighted by Crippen LogP contribution is -2.15. The second-order valence-corrected chi connectivity index (χ2v) is 5.12. The van der Waals surface area contributed by atoms with E-state index in [0.29, 0.717) is 10.9 Å². The van der Waals surface area contributed by atoms with Crippen molar-refractivity contribution in [2.45, 2.75) is 17.6 Å². The summed E-state index contributed by atoms with van der Waals surface area (Å²) in [5.41, 5.74) is 0. The lowest BCUT2D eigenvalue weighted by Gasteiger charge is -2.13. The van der Waals surface area contributed by atoms with Crippen LogP contribution in [-0.2, 0) is 10.8 Å². The minimum Gasteiger partial charge on any atom is -0.450 e. The summed E-state index contributed by atoms with van der Waals surface area (Å²) in [6.07, 6.45) is 1.93. The first-order valence-corrected chi connectivity index (χ1v) is 6.56. The number of furan rings is 1. The van der Waals surface area contributed by atoms with E-state index >= 15 is 0 Å². The number of nitrogens with one attached hydrogen (secondary N) is 1. The van der Waals surface area contributed by atoms with Gasteiger partial charge in [0.2, 0.25) is 0 Å². The molecule has 0 aliphatic carbocycles. The van der Waals surface area contributed by atoms with Crippen molar-refractivity contribution >= 4 is 10.8 Å². The molecule has 5 heteroatoms. The van der Waals surface area contributed by atoms with Crippen LogP contribution in [0.5, 0.6) is 0 Å². The van der Waals surface area contributed by atoms with E-state index in [1.807, 2.05) is 0 Å². The van der Waals surface area contributed by atoms with Gasteiger partial charge in [-0.25, -0.2) is 0 Å². The van der Waals surface area contributed by atoms with E-state index < -0.39 is 16.9 Å². The summed E-state index contributed by atoms with van der Waals surface area (Å²) in [5, 5.41) is 13.6. The summed E-state index contributed by atoms with van der Waals surface area (Å²) in [5.74, 6) is 0.725. The van der Waals surface area contributed by atoms with E-state index in [2.05, 4.69) is 5.32 Å². The van der Waals surface area contributed by atoms with Crippen LogP contribution in [0.25, 0.3) is 0 Å². The van der Waals surface area contributed by atoms with Gasteiger partial charge in [0.15, 0.2) is 5.09 Å². The van der Waals surface area contributed by atoms with E-state index in [1.165, 1.54) is 0 Å². The molecule has 1 aliphatic rings. The Hall–Kier alpha value is -0.650. The summed E-state index contributed by atoms with van der Waals surface area (Å²) in [6.45, 7) is 1.75. The zero-order chi connectivity index (χ0) is 10.8. The van der Waals surface area contributed by atoms with Crippen molar-refractivity contribution in [1.82, 2.24) is 5.32 Å². The van der Waals surface area contributed by atoms with Crippen molar-refractivity contribution in [3.63, 3.8) is 0 Å². The average molecular weight is 229 g/mol. The SMILES string of the molecule is CS(=O)c1ccc(C(O)C2CCNC2)o1. The number of aliphatic hydroxyl groups is 1. The van der Waals surface area contributed by atoms with Crippen LogP contribution in [-0.4, -0.2) is 28.7 Å². The summed E-state index contributed by atoms with van der Waals surface area (Å²) in [6, 6.07) is 3.37. The Morgan fingerprint density at radius 3 is 3.00 bits per heavy atom. The molecule has 1 fully saturated rings. The Labute approximate surface area is 91.1 Å². The molecule has 1 aliphatic heterocycles. The van der Waals surface area contributed by atoms with Gasteiger partial charge in [-0.05, 0) is 25.1 Å². The summed E-state index contributed by atoms with van der Waals surface area (Å²) >= 11 is 0. The van der Waals surface area contributed by atoms with Gasteiger partial charge in [0.05, 0.1) is 10.8 Å². The lowest BCUT2D eigenvalue weighted by atomic mass is 10.00. The van der Waals surface area contributed by atoms with Crippen LogP contribution in [0.15, 0.2) is 21.6 Å². The van der Waals surface area contributed by atoms with Gasteiger partial charge in [-0.15, -0.1) is 0 Å². The molecule has 2 rings (SSSR count). The van der Waals surface area contributed by atoms with E-state index in [1.54, 1.807) is 18.4 Å². The number of hydrogen-bond acceptors (Lipinski definition) is 4. The van der Waals surface area contributed by atoms with Crippen molar-refractivity contribution in [3.8, 4) is 0 Å². The van der Waals surface area contributed by atoms with Gasteiger partial charge in [-0.2, -0.15) is 0 Å². The Bertz CT molecular complexity index is 357. The highest BCUT2D eigenvalue weighted by Crippen LogP contribution is 2.28. The second kappa shape index (κ2) is 4.47. The van der Waals surface area contributed by atoms with Gasteiger partial charge in [0.1, 0.15) is 11.9 Å². The third kappa shape index (κ3) is 2.30. The molecule has 1 aromatic heterocycles. The zero-order valence-corrected chi connectivity index (χ0v) is 9.42. The van der Waals surface area contributed by atoms with Crippen molar-refractivity contribution < 1.29 is 13.7 Å². The van der Waals surface area contributed by atoms with Gasteiger partial charge in [-0.1, -0.05) is 0 Å². The Morgan fingerprint density at radius 2 is 2.47 bits per heavy atom. The maximum atomic E-state index is 11.1. The highest BCUT2D eigenvalue weighted by atomic mass is 32.2. The number of rotatable bonds is 3. The molecular formula is C10H15NO3S. The van der Waals surface area contributed by atoms with Crippen LogP contribution in [0.2, 0.25) is 0 Å². The van der Waals surface area contributed by atoms with Crippen LogP contribution in [0.3, 0.4) is 0 Å². The third-order valence-corrected chi connectivity index (χ3v) is 3.51. The molecule has 0 amide bonds. The van der Waals surface area contributed by atoms with Crippen LogP contribution in [0, 0.1) is 5.92 Å². The maximum Gasteiger partial charge on any atom is 0.190 e. The predicted octanol–water partition coefficient (Wildman–Crippen LogP) is 0.660.